The summed E-state index contributed by atoms with van der Waals surface area (Å²) in [5, 5.41) is 12.8. The van der Waals surface area contributed by atoms with E-state index in [9.17, 15) is 14.7 Å². The summed E-state index contributed by atoms with van der Waals surface area (Å²) in [6, 6.07) is 4.73. The van der Waals surface area contributed by atoms with Crippen LogP contribution in [0.2, 0.25) is 0 Å². The molecule has 24 heavy (non-hydrogen) atoms. The number of benzene rings is 1. The van der Waals surface area contributed by atoms with Crippen LogP contribution in [0.1, 0.15) is 43.1 Å². The minimum atomic E-state index is -0.575. The van der Waals surface area contributed by atoms with E-state index in [1.807, 2.05) is 32.9 Å². The normalized spacial score (nSPS) is 11.5. The largest absolute Gasteiger partial charge is 0.507 e. The number of hydrogen-bond acceptors (Lipinski definition) is 6. The van der Waals surface area contributed by atoms with Gasteiger partial charge in [0.05, 0.1) is 13.7 Å². The Bertz CT molecular complexity index is 602. The number of rotatable bonds is 7. The topological polar surface area (TPSA) is 84.9 Å². The van der Waals surface area contributed by atoms with Crippen molar-refractivity contribution < 1.29 is 24.2 Å². The number of carbonyl (C=O) groups excluding carboxylic acids is 2. The van der Waals surface area contributed by atoms with E-state index in [0.29, 0.717) is 13.0 Å². The number of phenolic OH excluding ortho intramolecular Hbond substituents is 1. The fourth-order valence-electron chi connectivity index (χ4n) is 1.91. The van der Waals surface area contributed by atoms with Gasteiger partial charge in [0.25, 0.3) is 0 Å². The Morgan fingerprint density at radius 1 is 1.29 bits per heavy atom. The third-order valence-electron chi connectivity index (χ3n) is 2.91. The van der Waals surface area contributed by atoms with Crippen LogP contribution in [0.15, 0.2) is 24.3 Å². The van der Waals surface area contributed by atoms with Crippen molar-refractivity contribution in [3.8, 4) is 5.75 Å². The minimum absolute atomic E-state index is 0.118. The molecule has 0 aliphatic rings. The van der Waals surface area contributed by atoms with Crippen LogP contribution >= 0.6 is 0 Å². The second-order valence-corrected chi connectivity index (χ2v) is 6.22. The van der Waals surface area contributed by atoms with Crippen molar-refractivity contribution >= 4 is 18.0 Å². The van der Waals surface area contributed by atoms with Crippen LogP contribution in [0.3, 0.4) is 0 Å². The number of nitrogens with one attached hydrogen (secondary N) is 1. The van der Waals surface area contributed by atoms with E-state index in [2.05, 4.69) is 10.1 Å². The van der Waals surface area contributed by atoms with Gasteiger partial charge in [-0.05, 0) is 51.4 Å². The highest BCUT2D eigenvalue weighted by atomic mass is 16.6. The van der Waals surface area contributed by atoms with Crippen LogP contribution in [0.25, 0.3) is 6.08 Å². The SMILES string of the molecule is COC(=O)c1ccc(C=CCCNCC(=O)OC(C)(C)C)cc1O. The molecular formula is C18H25NO5. The molecule has 0 heterocycles. The summed E-state index contributed by atoms with van der Waals surface area (Å²) in [6.07, 6.45) is 4.45. The summed E-state index contributed by atoms with van der Waals surface area (Å²) in [7, 11) is 1.26. The number of carbonyl (C=O) groups is 2. The molecule has 0 radical (unpaired) electrons. The molecule has 1 aromatic carbocycles. The molecule has 0 aliphatic carbocycles. The molecule has 0 saturated carbocycles. The fourth-order valence-corrected chi connectivity index (χ4v) is 1.91. The third kappa shape index (κ3) is 7.28. The average molecular weight is 335 g/mol. The number of aromatic hydroxyl groups is 1. The van der Waals surface area contributed by atoms with Gasteiger partial charge in [0, 0.05) is 0 Å². The quantitative estimate of drug-likeness (QED) is 0.588. The van der Waals surface area contributed by atoms with Crippen molar-refractivity contribution in [3.63, 3.8) is 0 Å². The number of methoxy groups -OCH3 is 1. The van der Waals surface area contributed by atoms with Crippen LogP contribution in [0, 0.1) is 0 Å². The van der Waals surface area contributed by atoms with Gasteiger partial charge < -0.3 is 19.9 Å². The Morgan fingerprint density at radius 3 is 2.58 bits per heavy atom. The van der Waals surface area contributed by atoms with Crippen LogP contribution in [-0.4, -0.2) is 42.8 Å². The molecule has 0 fully saturated rings. The predicted octanol–water partition coefficient (Wildman–Crippen LogP) is 2.51. The zero-order chi connectivity index (χ0) is 18.2. The first-order valence-electron chi connectivity index (χ1n) is 7.73. The van der Waals surface area contributed by atoms with Gasteiger partial charge in [0.15, 0.2) is 0 Å². The van der Waals surface area contributed by atoms with Crippen LogP contribution in [0.4, 0.5) is 0 Å². The first-order chi connectivity index (χ1) is 11.2. The number of esters is 2. The molecule has 132 valence electrons. The molecule has 6 nitrogen and oxygen atoms in total. The number of phenols is 1. The molecule has 1 rings (SSSR count). The lowest BCUT2D eigenvalue weighted by molar-refractivity contribution is -0.153. The Labute approximate surface area is 142 Å². The van der Waals surface area contributed by atoms with Crippen molar-refractivity contribution in [2.24, 2.45) is 0 Å². The smallest absolute Gasteiger partial charge is 0.341 e. The van der Waals surface area contributed by atoms with Crippen molar-refractivity contribution in [2.45, 2.75) is 32.8 Å². The maximum atomic E-state index is 11.5. The highest BCUT2D eigenvalue weighted by Crippen LogP contribution is 2.20. The summed E-state index contributed by atoms with van der Waals surface area (Å²) >= 11 is 0. The lowest BCUT2D eigenvalue weighted by Gasteiger charge is -2.19. The number of hydrogen-bond donors (Lipinski definition) is 2. The van der Waals surface area contributed by atoms with Gasteiger partial charge >= 0.3 is 11.9 Å². The van der Waals surface area contributed by atoms with Gasteiger partial charge in [-0.15, -0.1) is 0 Å². The molecule has 0 saturated heterocycles. The van der Waals surface area contributed by atoms with Crippen molar-refractivity contribution in [1.82, 2.24) is 5.32 Å². The van der Waals surface area contributed by atoms with E-state index < -0.39 is 11.6 Å². The van der Waals surface area contributed by atoms with E-state index >= 15 is 0 Å². The zero-order valence-electron chi connectivity index (χ0n) is 14.6. The molecule has 2 N–H and O–H groups in total. The van der Waals surface area contributed by atoms with Crippen molar-refractivity contribution in [2.75, 3.05) is 20.2 Å². The van der Waals surface area contributed by atoms with E-state index in [-0.39, 0.29) is 23.8 Å². The summed E-state index contributed by atoms with van der Waals surface area (Å²) in [5.74, 6) is -0.976. The van der Waals surface area contributed by atoms with Crippen molar-refractivity contribution in [1.29, 1.82) is 0 Å². The fraction of sp³-hybridized carbons (Fsp3) is 0.444. The van der Waals surface area contributed by atoms with E-state index in [0.717, 1.165) is 5.56 Å². The monoisotopic (exact) mass is 335 g/mol. The average Bonchev–Trinajstić information content (AvgIpc) is 2.48. The molecule has 0 atom stereocenters. The highest BCUT2D eigenvalue weighted by molar-refractivity contribution is 5.92. The van der Waals surface area contributed by atoms with Gasteiger partial charge in [0.2, 0.25) is 0 Å². The van der Waals surface area contributed by atoms with Gasteiger partial charge in [-0.25, -0.2) is 4.79 Å². The van der Waals surface area contributed by atoms with E-state index in [4.69, 9.17) is 4.74 Å². The summed E-state index contributed by atoms with van der Waals surface area (Å²) in [4.78, 5) is 22.9. The van der Waals surface area contributed by atoms with Crippen LogP contribution in [0.5, 0.6) is 5.75 Å². The highest BCUT2D eigenvalue weighted by Gasteiger charge is 2.15. The Morgan fingerprint density at radius 2 is 2.00 bits per heavy atom. The Balaban J connectivity index is 2.37. The van der Waals surface area contributed by atoms with Gasteiger partial charge in [-0.3, -0.25) is 4.79 Å². The molecule has 6 heteroatoms. The van der Waals surface area contributed by atoms with Gasteiger partial charge in [-0.1, -0.05) is 18.2 Å². The summed E-state index contributed by atoms with van der Waals surface area (Å²) < 4.78 is 9.75. The molecule has 0 amide bonds. The molecule has 0 aliphatic heterocycles. The lowest BCUT2D eigenvalue weighted by Crippen LogP contribution is -2.31. The maximum Gasteiger partial charge on any atom is 0.341 e. The van der Waals surface area contributed by atoms with Gasteiger partial charge in [-0.2, -0.15) is 0 Å². The number of ether oxygens (including phenoxy) is 2. The maximum absolute atomic E-state index is 11.5. The lowest BCUT2D eigenvalue weighted by atomic mass is 10.1. The first-order valence-corrected chi connectivity index (χ1v) is 7.73. The Hall–Kier alpha value is -2.34. The standard InChI is InChI=1S/C18H25NO5/c1-18(2,3)24-16(21)12-19-10-6-5-7-13-8-9-14(15(20)11-13)17(22)23-4/h5,7-9,11,19-20H,6,10,12H2,1-4H3. The molecular weight excluding hydrogens is 310 g/mol. The Kier molecular flexibility index (Phi) is 7.45. The van der Waals surface area contributed by atoms with Gasteiger partial charge in [0.1, 0.15) is 16.9 Å². The minimum Gasteiger partial charge on any atom is -0.507 e. The molecule has 0 bridgehead atoms. The first kappa shape index (κ1) is 19.7. The third-order valence-corrected chi connectivity index (χ3v) is 2.91. The van der Waals surface area contributed by atoms with Crippen LogP contribution < -0.4 is 5.32 Å². The van der Waals surface area contributed by atoms with Crippen LogP contribution in [-0.2, 0) is 14.3 Å². The molecule has 0 unspecified atom stereocenters. The summed E-state index contributed by atoms with van der Waals surface area (Å²) in [5.41, 5.74) is 0.429. The second kappa shape index (κ2) is 9.08. The molecule has 0 spiro atoms. The predicted molar refractivity (Wildman–Crippen MR) is 91.8 cm³/mol. The van der Waals surface area contributed by atoms with Crippen molar-refractivity contribution in [3.05, 3.63) is 35.4 Å². The summed E-state index contributed by atoms with van der Waals surface area (Å²) in [6.45, 7) is 6.28. The zero-order valence-corrected chi connectivity index (χ0v) is 14.6. The molecule has 1 aromatic rings. The van der Waals surface area contributed by atoms with E-state index in [1.165, 1.54) is 19.2 Å². The van der Waals surface area contributed by atoms with E-state index in [1.54, 1.807) is 6.07 Å². The second-order valence-electron chi connectivity index (χ2n) is 6.22. The molecule has 0 aromatic heterocycles.